The van der Waals surface area contributed by atoms with E-state index >= 15 is 0 Å². The first kappa shape index (κ1) is 15.4. The summed E-state index contributed by atoms with van der Waals surface area (Å²) in [6.45, 7) is 3.21. The Morgan fingerprint density at radius 2 is 1.92 bits per heavy atom. The van der Waals surface area contributed by atoms with Gasteiger partial charge in [0.1, 0.15) is 17.4 Å². The number of hydrogen-bond acceptors (Lipinski definition) is 4. The molecule has 6 heteroatoms. The first-order valence-corrected chi connectivity index (χ1v) is 8.93. The summed E-state index contributed by atoms with van der Waals surface area (Å²) in [5, 5.41) is 8.77. The molecule has 0 saturated carbocycles. The lowest BCUT2D eigenvalue weighted by molar-refractivity contribution is 0.356. The Balaban J connectivity index is 1.39. The van der Waals surface area contributed by atoms with Crippen molar-refractivity contribution in [3.05, 3.63) is 71.1 Å². The van der Waals surface area contributed by atoms with Crippen molar-refractivity contribution in [2.24, 2.45) is 0 Å². The maximum absolute atomic E-state index is 13.1. The molecule has 0 N–H and O–H groups in total. The fraction of sp³-hybridized carbons (Fsp3) is 0.300. The van der Waals surface area contributed by atoms with Crippen LogP contribution in [0.4, 0.5) is 10.1 Å². The number of para-hydroxylation sites is 1. The van der Waals surface area contributed by atoms with Crippen molar-refractivity contribution in [1.82, 2.24) is 14.8 Å². The van der Waals surface area contributed by atoms with Gasteiger partial charge >= 0.3 is 0 Å². The molecule has 3 heterocycles. The van der Waals surface area contributed by atoms with Crippen LogP contribution in [-0.2, 0) is 25.9 Å². The molecule has 0 unspecified atom stereocenters. The average molecular weight is 350 g/mol. The maximum atomic E-state index is 13.1. The quantitative estimate of drug-likeness (QED) is 0.728. The summed E-state index contributed by atoms with van der Waals surface area (Å²) in [6, 6.07) is 12.9. The van der Waals surface area contributed by atoms with Crippen LogP contribution in [0, 0.1) is 5.82 Å². The number of rotatable bonds is 3. The van der Waals surface area contributed by atoms with E-state index in [4.69, 9.17) is 4.74 Å². The number of halogens is 1. The van der Waals surface area contributed by atoms with Crippen molar-refractivity contribution in [3.63, 3.8) is 0 Å². The molecule has 0 atom stereocenters. The van der Waals surface area contributed by atoms with Gasteiger partial charge in [-0.05, 0) is 29.3 Å². The molecule has 5 nitrogen and oxygen atoms in total. The van der Waals surface area contributed by atoms with Gasteiger partial charge in [-0.15, -0.1) is 10.2 Å². The van der Waals surface area contributed by atoms with Crippen LogP contribution in [0.5, 0.6) is 5.75 Å². The van der Waals surface area contributed by atoms with Crippen molar-refractivity contribution >= 4 is 5.69 Å². The molecule has 132 valence electrons. The number of aromatic nitrogens is 3. The molecule has 0 amide bonds. The van der Waals surface area contributed by atoms with Gasteiger partial charge in [0, 0.05) is 25.9 Å². The monoisotopic (exact) mass is 350 g/mol. The highest BCUT2D eigenvalue weighted by Gasteiger charge is 2.25. The fourth-order valence-electron chi connectivity index (χ4n) is 3.79. The highest BCUT2D eigenvalue weighted by Crippen LogP contribution is 2.37. The van der Waals surface area contributed by atoms with Crippen molar-refractivity contribution in [3.8, 4) is 5.75 Å². The van der Waals surface area contributed by atoms with Gasteiger partial charge in [0.15, 0.2) is 5.82 Å². The third-order valence-corrected chi connectivity index (χ3v) is 5.14. The summed E-state index contributed by atoms with van der Waals surface area (Å²) in [7, 11) is 0. The van der Waals surface area contributed by atoms with Gasteiger partial charge in [-0.3, -0.25) is 0 Å². The fourth-order valence-corrected chi connectivity index (χ4v) is 3.79. The number of anilines is 1. The maximum Gasteiger partial charge on any atom is 0.152 e. The predicted octanol–water partition coefficient (Wildman–Crippen LogP) is 2.96. The molecule has 0 radical (unpaired) electrons. The van der Waals surface area contributed by atoms with Crippen molar-refractivity contribution < 1.29 is 9.13 Å². The summed E-state index contributed by atoms with van der Waals surface area (Å²) in [4.78, 5) is 2.32. The van der Waals surface area contributed by atoms with Crippen LogP contribution in [0.3, 0.4) is 0 Å². The van der Waals surface area contributed by atoms with Crippen LogP contribution in [0.25, 0.3) is 0 Å². The summed E-state index contributed by atoms with van der Waals surface area (Å²) in [5.41, 5.74) is 3.47. The summed E-state index contributed by atoms with van der Waals surface area (Å²) in [6.07, 6.45) is 1.64. The molecule has 5 rings (SSSR count). The highest BCUT2D eigenvalue weighted by molar-refractivity contribution is 5.63. The van der Waals surface area contributed by atoms with Crippen LogP contribution in [0.15, 0.2) is 42.5 Å². The van der Waals surface area contributed by atoms with Crippen LogP contribution in [0.2, 0.25) is 0 Å². The number of hydrogen-bond donors (Lipinski definition) is 0. The Labute approximate surface area is 151 Å². The van der Waals surface area contributed by atoms with E-state index in [1.807, 2.05) is 0 Å². The lowest BCUT2D eigenvalue weighted by Gasteiger charge is -2.30. The number of fused-ring (bicyclic) bond motifs is 2. The zero-order chi connectivity index (χ0) is 17.5. The lowest BCUT2D eigenvalue weighted by atomic mass is 10.1. The molecule has 0 spiro atoms. The van der Waals surface area contributed by atoms with Crippen molar-refractivity contribution in [2.45, 2.75) is 25.9 Å². The van der Waals surface area contributed by atoms with Crippen LogP contribution in [-0.4, -0.2) is 27.9 Å². The largest absolute Gasteiger partial charge is 0.491 e. The summed E-state index contributed by atoms with van der Waals surface area (Å²) >= 11 is 0. The van der Waals surface area contributed by atoms with Gasteiger partial charge in [0.05, 0.1) is 18.8 Å². The topological polar surface area (TPSA) is 43.2 Å². The van der Waals surface area contributed by atoms with Gasteiger partial charge in [-0.2, -0.15) is 0 Å². The molecule has 0 aliphatic carbocycles. The van der Waals surface area contributed by atoms with E-state index in [-0.39, 0.29) is 5.82 Å². The van der Waals surface area contributed by atoms with Gasteiger partial charge < -0.3 is 14.2 Å². The summed E-state index contributed by atoms with van der Waals surface area (Å²) < 4.78 is 21.1. The smallest absolute Gasteiger partial charge is 0.152 e. The number of nitrogens with zero attached hydrogens (tertiary/aromatic N) is 4. The predicted molar refractivity (Wildman–Crippen MR) is 95.9 cm³/mol. The lowest BCUT2D eigenvalue weighted by Crippen LogP contribution is -2.34. The third-order valence-electron chi connectivity index (χ3n) is 5.14. The molecule has 1 aromatic heterocycles. The molecule has 0 bridgehead atoms. The molecule has 3 aromatic rings. The Hall–Kier alpha value is -2.89. The van der Waals surface area contributed by atoms with E-state index in [1.54, 1.807) is 12.1 Å². The number of ether oxygens (including phenoxy) is 1. The van der Waals surface area contributed by atoms with Crippen molar-refractivity contribution in [2.75, 3.05) is 18.1 Å². The standard InChI is InChI=1S/C20H19FN4O/c21-16-6-4-14(5-7-16)12-18-22-23-19-13-24(9-10-25(18)19)17-3-1-2-15-8-11-26-20(15)17/h1-7H,8-13H2. The van der Waals surface area contributed by atoms with Gasteiger partial charge in [0.25, 0.3) is 0 Å². The Morgan fingerprint density at radius 1 is 1.04 bits per heavy atom. The minimum absolute atomic E-state index is 0.217. The average Bonchev–Trinajstić information content (AvgIpc) is 3.30. The second-order valence-corrected chi connectivity index (χ2v) is 6.77. The molecule has 2 aromatic carbocycles. The number of benzene rings is 2. The Bertz CT molecular complexity index is 951. The van der Waals surface area contributed by atoms with E-state index in [1.165, 1.54) is 17.7 Å². The van der Waals surface area contributed by atoms with Gasteiger partial charge in [-0.25, -0.2) is 4.39 Å². The third kappa shape index (κ3) is 2.62. The van der Waals surface area contributed by atoms with Gasteiger partial charge in [-0.1, -0.05) is 24.3 Å². The second-order valence-electron chi connectivity index (χ2n) is 6.77. The minimum atomic E-state index is -0.217. The van der Waals surface area contributed by atoms with E-state index in [0.717, 1.165) is 61.3 Å². The molecular weight excluding hydrogens is 331 g/mol. The Morgan fingerprint density at radius 3 is 2.81 bits per heavy atom. The van der Waals surface area contributed by atoms with E-state index in [2.05, 4.69) is 37.9 Å². The first-order valence-electron chi connectivity index (χ1n) is 8.93. The Kier molecular flexibility index (Phi) is 3.62. The highest BCUT2D eigenvalue weighted by atomic mass is 19.1. The van der Waals surface area contributed by atoms with E-state index in [9.17, 15) is 4.39 Å². The second kappa shape index (κ2) is 6.12. The van der Waals surface area contributed by atoms with Crippen LogP contribution >= 0.6 is 0 Å². The van der Waals surface area contributed by atoms with Crippen LogP contribution in [0.1, 0.15) is 22.8 Å². The first-order chi connectivity index (χ1) is 12.8. The van der Waals surface area contributed by atoms with Gasteiger partial charge in [0.2, 0.25) is 0 Å². The van der Waals surface area contributed by atoms with Crippen molar-refractivity contribution in [1.29, 1.82) is 0 Å². The molecule has 26 heavy (non-hydrogen) atoms. The SMILES string of the molecule is Fc1ccc(Cc2nnc3n2CCN(c2cccc4c2OCC4)C3)cc1. The normalized spacial score (nSPS) is 15.5. The van der Waals surface area contributed by atoms with Crippen LogP contribution < -0.4 is 9.64 Å². The van der Waals surface area contributed by atoms with E-state index < -0.39 is 0 Å². The molecule has 2 aliphatic heterocycles. The molecule has 0 saturated heterocycles. The molecule has 0 fully saturated rings. The zero-order valence-corrected chi connectivity index (χ0v) is 14.4. The molecule has 2 aliphatic rings. The summed E-state index contributed by atoms with van der Waals surface area (Å²) in [5.74, 6) is 2.70. The zero-order valence-electron chi connectivity index (χ0n) is 14.4. The minimum Gasteiger partial charge on any atom is -0.491 e. The molecular formula is C20H19FN4O. The van der Waals surface area contributed by atoms with E-state index in [0.29, 0.717) is 6.42 Å².